The first kappa shape index (κ1) is 18.2. The summed E-state index contributed by atoms with van der Waals surface area (Å²) in [6.45, 7) is 1.84. The second-order valence-electron chi connectivity index (χ2n) is 5.31. The van der Waals surface area contributed by atoms with Crippen LogP contribution in [0.5, 0.6) is 5.75 Å². The molecule has 1 aromatic heterocycles. The fraction of sp³-hybridized carbons (Fsp3) is 0.167. The van der Waals surface area contributed by atoms with Gasteiger partial charge in [0, 0.05) is 5.69 Å². The molecule has 6 nitrogen and oxygen atoms in total. The second-order valence-corrected chi connectivity index (χ2v) is 7.88. The highest BCUT2D eigenvalue weighted by Crippen LogP contribution is 2.33. The number of hydrogen-bond donors (Lipinski definition) is 2. The van der Waals surface area contributed by atoms with Crippen LogP contribution in [0.1, 0.15) is 6.92 Å². The van der Waals surface area contributed by atoms with Crippen molar-refractivity contribution in [3.8, 4) is 5.75 Å². The van der Waals surface area contributed by atoms with Crippen LogP contribution < -0.4 is 15.4 Å². The number of thioether (sulfide) groups is 1. The van der Waals surface area contributed by atoms with Gasteiger partial charge in [-0.05, 0) is 31.2 Å². The van der Waals surface area contributed by atoms with Gasteiger partial charge in [-0.2, -0.15) is 0 Å². The number of hydrogen-bond acceptors (Lipinski definition) is 7. The zero-order valence-electron chi connectivity index (χ0n) is 14.3. The number of carbonyl (C=O) groups excluding carboxylic acids is 1. The largest absolute Gasteiger partial charge is 0.495 e. The number of para-hydroxylation sites is 3. The minimum atomic E-state index is -0.290. The maximum atomic E-state index is 12.3. The normalized spacial score (nSPS) is 11.6. The number of amides is 1. The average Bonchev–Trinajstić information content (AvgIpc) is 3.09. The van der Waals surface area contributed by atoms with E-state index >= 15 is 0 Å². The molecule has 2 aromatic carbocycles. The number of nitrogens with zero attached hydrogens (tertiary/aromatic N) is 2. The van der Waals surface area contributed by atoms with Gasteiger partial charge in [0.25, 0.3) is 0 Å². The highest BCUT2D eigenvalue weighted by atomic mass is 32.2. The third-order valence-corrected chi connectivity index (χ3v) is 5.47. The number of benzene rings is 2. The molecule has 134 valence electrons. The Morgan fingerprint density at radius 3 is 2.62 bits per heavy atom. The Morgan fingerprint density at radius 2 is 1.85 bits per heavy atom. The molecule has 2 N–H and O–H groups in total. The van der Waals surface area contributed by atoms with Crippen LogP contribution in [0, 0.1) is 0 Å². The SMILES string of the molecule is COc1ccccc1Nc1nnc(SC(C)C(=O)Nc2ccccc2)s1. The monoisotopic (exact) mass is 386 g/mol. The van der Waals surface area contributed by atoms with Crippen LogP contribution >= 0.6 is 23.1 Å². The molecule has 1 heterocycles. The third kappa shape index (κ3) is 4.74. The molecule has 26 heavy (non-hydrogen) atoms. The zero-order chi connectivity index (χ0) is 18.4. The standard InChI is InChI=1S/C18H18N4O2S2/c1-12(16(23)19-13-8-4-3-5-9-13)25-18-22-21-17(26-18)20-14-10-6-7-11-15(14)24-2/h3-12H,1-2H3,(H,19,23)(H,20,21). The van der Waals surface area contributed by atoms with Gasteiger partial charge in [-0.3, -0.25) is 4.79 Å². The summed E-state index contributed by atoms with van der Waals surface area (Å²) in [4.78, 5) is 12.3. The molecule has 0 aliphatic carbocycles. The van der Waals surface area contributed by atoms with Crippen molar-refractivity contribution in [2.45, 2.75) is 16.5 Å². The number of methoxy groups -OCH3 is 1. The lowest BCUT2D eigenvalue weighted by Crippen LogP contribution is -2.22. The molecule has 0 saturated heterocycles. The minimum absolute atomic E-state index is 0.0735. The van der Waals surface area contributed by atoms with Crippen molar-refractivity contribution in [3.63, 3.8) is 0 Å². The summed E-state index contributed by atoms with van der Waals surface area (Å²) < 4.78 is 6.03. The molecule has 1 atom stereocenters. The van der Waals surface area contributed by atoms with Crippen molar-refractivity contribution in [2.75, 3.05) is 17.7 Å². The summed E-state index contributed by atoms with van der Waals surface area (Å²) in [7, 11) is 1.62. The molecule has 0 bridgehead atoms. The van der Waals surface area contributed by atoms with E-state index < -0.39 is 0 Å². The molecule has 8 heteroatoms. The number of aromatic nitrogens is 2. The fourth-order valence-corrected chi connectivity index (χ4v) is 4.05. The van der Waals surface area contributed by atoms with Gasteiger partial charge in [0.05, 0.1) is 18.0 Å². The van der Waals surface area contributed by atoms with Crippen LogP contribution in [-0.2, 0) is 4.79 Å². The van der Waals surface area contributed by atoms with Crippen LogP contribution in [0.3, 0.4) is 0 Å². The van der Waals surface area contributed by atoms with Gasteiger partial charge in [0.15, 0.2) is 4.34 Å². The topological polar surface area (TPSA) is 76.1 Å². The molecule has 0 spiro atoms. The van der Waals surface area contributed by atoms with E-state index in [9.17, 15) is 4.79 Å². The summed E-state index contributed by atoms with van der Waals surface area (Å²) >= 11 is 2.77. The van der Waals surface area contributed by atoms with Crippen LogP contribution in [0.15, 0.2) is 58.9 Å². The molecule has 1 unspecified atom stereocenters. The van der Waals surface area contributed by atoms with Crippen molar-refractivity contribution < 1.29 is 9.53 Å². The number of rotatable bonds is 7. The zero-order valence-corrected chi connectivity index (χ0v) is 15.9. The molecular weight excluding hydrogens is 368 g/mol. The first-order valence-electron chi connectivity index (χ1n) is 7.92. The number of ether oxygens (including phenoxy) is 1. The predicted octanol–water partition coefficient (Wildman–Crippen LogP) is 4.41. The fourth-order valence-electron chi connectivity index (χ4n) is 2.14. The Labute approximate surface area is 160 Å². The first-order valence-corrected chi connectivity index (χ1v) is 9.61. The van der Waals surface area contributed by atoms with E-state index in [1.54, 1.807) is 7.11 Å². The predicted molar refractivity (Wildman–Crippen MR) is 107 cm³/mol. The average molecular weight is 387 g/mol. The highest BCUT2D eigenvalue weighted by Gasteiger charge is 2.17. The van der Waals surface area contributed by atoms with Crippen molar-refractivity contribution in [3.05, 3.63) is 54.6 Å². The molecule has 3 aromatic rings. The summed E-state index contributed by atoms with van der Waals surface area (Å²) in [5.41, 5.74) is 1.60. The van der Waals surface area contributed by atoms with E-state index in [-0.39, 0.29) is 11.2 Å². The Balaban J connectivity index is 1.60. The molecule has 0 radical (unpaired) electrons. The summed E-state index contributed by atoms with van der Waals surface area (Å²) in [5, 5.41) is 14.7. The molecule has 0 fully saturated rings. The van der Waals surface area contributed by atoms with Crippen molar-refractivity contribution in [1.29, 1.82) is 0 Å². The smallest absolute Gasteiger partial charge is 0.237 e. The Bertz CT molecular complexity index is 870. The van der Waals surface area contributed by atoms with Gasteiger partial charge < -0.3 is 15.4 Å². The lowest BCUT2D eigenvalue weighted by molar-refractivity contribution is -0.115. The van der Waals surface area contributed by atoms with Crippen LogP contribution in [0.25, 0.3) is 0 Å². The quantitative estimate of drug-likeness (QED) is 0.586. The van der Waals surface area contributed by atoms with Crippen LogP contribution in [0.4, 0.5) is 16.5 Å². The van der Waals surface area contributed by atoms with Gasteiger partial charge in [-0.25, -0.2) is 0 Å². The maximum Gasteiger partial charge on any atom is 0.237 e. The number of nitrogens with one attached hydrogen (secondary N) is 2. The van der Waals surface area contributed by atoms with Crippen LogP contribution in [-0.4, -0.2) is 28.5 Å². The van der Waals surface area contributed by atoms with E-state index in [1.165, 1.54) is 23.1 Å². The Kier molecular flexibility index (Phi) is 6.08. The maximum absolute atomic E-state index is 12.3. The van der Waals surface area contributed by atoms with Gasteiger partial charge >= 0.3 is 0 Å². The van der Waals surface area contributed by atoms with Gasteiger partial charge in [0.2, 0.25) is 11.0 Å². The van der Waals surface area contributed by atoms with Crippen molar-refractivity contribution in [1.82, 2.24) is 10.2 Å². The Hall–Kier alpha value is -2.58. The number of anilines is 3. The van der Waals surface area contributed by atoms with Crippen LogP contribution in [0.2, 0.25) is 0 Å². The van der Waals surface area contributed by atoms with E-state index in [1.807, 2.05) is 61.5 Å². The molecule has 0 saturated carbocycles. The lowest BCUT2D eigenvalue weighted by Gasteiger charge is -2.10. The Morgan fingerprint density at radius 1 is 1.12 bits per heavy atom. The first-order chi connectivity index (χ1) is 12.7. The van der Waals surface area contributed by atoms with Crippen molar-refractivity contribution in [2.24, 2.45) is 0 Å². The minimum Gasteiger partial charge on any atom is -0.495 e. The third-order valence-electron chi connectivity index (χ3n) is 3.44. The molecule has 3 rings (SSSR count). The lowest BCUT2D eigenvalue weighted by atomic mass is 10.3. The summed E-state index contributed by atoms with van der Waals surface area (Å²) in [6, 6.07) is 17.0. The van der Waals surface area contributed by atoms with E-state index in [0.29, 0.717) is 5.13 Å². The van der Waals surface area contributed by atoms with E-state index in [0.717, 1.165) is 21.5 Å². The van der Waals surface area contributed by atoms with Gasteiger partial charge in [-0.15, -0.1) is 10.2 Å². The molecule has 1 amide bonds. The van der Waals surface area contributed by atoms with Crippen molar-refractivity contribution >= 4 is 45.5 Å². The highest BCUT2D eigenvalue weighted by molar-refractivity contribution is 8.02. The van der Waals surface area contributed by atoms with Gasteiger partial charge in [-0.1, -0.05) is 53.4 Å². The molecular formula is C18H18N4O2S2. The van der Waals surface area contributed by atoms with Gasteiger partial charge in [0.1, 0.15) is 5.75 Å². The number of carbonyl (C=O) groups is 1. The summed E-state index contributed by atoms with van der Waals surface area (Å²) in [5.74, 6) is 0.656. The summed E-state index contributed by atoms with van der Waals surface area (Å²) in [6.07, 6.45) is 0. The molecule has 0 aliphatic rings. The van der Waals surface area contributed by atoms with E-state index in [4.69, 9.17) is 4.74 Å². The van der Waals surface area contributed by atoms with E-state index in [2.05, 4.69) is 20.8 Å². The molecule has 0 aliphatic heterocycles. The second kappa shape index (κ2) is 8.68.